The average Bonchev–Trinajstić information content (AvgIpc) is 3.18. The highest BCUT2D eigenvalue weighted by atomic mass is 19.4. The number of hydrogen-bond acceptors (Lipinski definition) is 3. The van der Waals surface area contributed by atoms with E-state index in [4.69, 9.17) is 4.74 Å². The summed E-state index contributed by atoms with van der Waals surface area (Å²) in [6, 6.07) is 16.1. The summed E-state index contributed by atoms with van der Waals surface area (Å²) in [6.45, 7) is 0. The molecule has 2 heterocycles. The van der Waals surface area contributed by atoms with E-state index >= 15 is 0 Å². The second-order valence-electron chi connectivity index (χ2n) is 8.11. The van der Waals surface area contributed by atoms with Crippen LogP contribution in [0.25, 0.3) is 10.9 Å². The van der Waals surface area contributed by atoms with E-state index in [1.54, 1.807) is 42.7 Å². The molecule has 0 atom stereocenters. The van der Waals surface area contributed by atoms with E-state index in [-0.39, 0.29) is 17.9 Å². The summed E-state index contributed by atoms with van der Waals surface area (Å²) in [5, 5.41) is 3.68. The monoisotopic (exact) mass is 451 g/mol. The highest BCUT2D eigenvalue weighted by Crippen LogP contribution is 2.41. The van der Waals surface area contributed by atoms with Crippen molar-refractivity contribution >= 4 is 22.5 Å². The van der Waals surface area contributed by atoms with E-state index in [0.717, 1.165) is 41.4 Å². The summed E-state index contributed by atoms with van der Waals surface area (Å²) >= 11 is 0. The SMILES string of the molecule is O=C(Nc1c[nH]c2ccc(OC3CC(c4ccc(C(F)(F)F)cc4)C3)cc12)c1ccccn1. The third-order valence-electron chi connectivity index (χ3n) is 5.91. The molecule has 0 radical (unpaired) electrons. The first-order chi connectivity index (χ1) is 15.9. The molecule has 2 aromatic heterocycles. The van der Waals surface area contributed by atoms with Gasteiger partial charge < -0.3 is 15.0 Å². The quantitative estimate of drug-likeness (QED) is 0.382. The fourth-order valence-corrected chi connectivity index (χ4v) is 4.03. The van der Waals surface area contributed by atoms with Gasteiger partial charge in [0.1, 0.15) is 11.4 Å². The first-order valence-electron chi connectivity index (χ1n) is 10.5. The van der Waals surface area contributed by atoms with Gasteiger partial charge in [-0.2, -0.15) is 13.2 Å². The molecule has 0 unspecified atom stereocenters. The molecule has 2 aromatic carbocycles. The van der Waals surface area contributed by atoms with Crippen LogP contribution >= 0.6 is 0 Å². The molecule has 4 aromatic rings. The van der Waals surface area contributed by atoms with E-state index in [0.29, 0.717) is 17.1 Å². The number of amides is 1. The maximum atomic E-state index is 12.7. The highest BCUT2D eigenvalue weighted by Gasteiger charge is 2.34. The van der Waals surface area contributed by atoms with E-state index in [9.17, 15) is 18.0 Å². The van der Waals surface area contributed by atoms with Crippen LogP contribution < -0.4 is 10.1 Å². The van der Waals surface area contributed by atoms with Gasteiger partial charge in [-0.05, 0) is 66.8 Å². The van der Waals surface area contributed by atoms with Crippen LogP contribution in [0.15, 0.2) is 73.1 Å². The number of pyridine rings is 1. The number of aromatic nitrogens is 2. The lowest BCUT2D eigenvalue weighted by molar-refractivity contribution is -0.137. The van der Waals surface area contributed by atoms with Gasteiger partial charge in [-0.25, -0.2) is 0 Å². The predicted octanol–water partition coefficient (Wildman–Crippen LogP) is 6.16. The van der Waals surface area contributed by atoms with Crippen LogP contribution in [0.3, 0.4) is 0 Å². The van der Waals surface area contributed by atoms with E-state index in [2.05, 4.69) is 15.3 Å². The van der Waals surface area contributed by atoms with Crippen molar-refractivity contribution in [3.63, 3.8) is 0 Å². The number of carbonyl (C=O) groups excluding carboxylic acids is 1. The number of halogens is 3. The van der Waals surface area contributed by atoms with Gasteiger partial charge in [-0.1, -0.05) is 18.2 Å². The number of carbonyl (C=O) groups is 1. The summed E-state index contributed by atoms with van der Waals surface area (Å²) in [4.78, 5) is 19.6. The number of H-pyrrole nitrogens is 1. The molecule has 1 aliphatic rings. The molecular formula is C25H20F3N3O2. The molecule has 1 saturated carbocycles. The third-order valence-corrected chi connectivity index (χ3v) is 5.91. The summed E-state index contributed by atoms with van der Waals surface area (Å²) in [7, 11) is 0. The van der Waals surface area contributed by atoms with Crippen molar-refractivity contribution in [3.8, 4) is 5.75 Å². The second-order valence-corrected chi connectivity index (χ2v) is 8.11. The number of rotatable bonds is 5. The molecule has 2 N–H and O–H groups in total. The number of fused-ring (bicyclic) bond motifs is 1. The van der Waals surface area contributed by atoms with Gasteiger partial charge in [0.15, 0.2) is 0 Å². The van der Waals surface area contributed by atoms with Crippen molar-refractivity contribution in [1.82, 2.24) is 9.97 Å². The van der Waals surface area contributed by atoms with Crippen molar-refractivity contribution in [2.24, 2.45) is 0 Å². The van der Waals surface area contributed by atoms with E-state index < -0.39 is 11.7 Å². The van der Waals surface area contributed by atoms with Gasteiger partial charge in [0.25, 0.3) is 5.91 Å². The number of alkyl halides is 3. The van der Waals surface area contributed by atoms with Crippen LogP contribution in [0.5, 0.6) is 5.75 Å². The summed E-state index contributed by atoms with van der Waals surface area (Å²) in [6.07, 6.45) is 0.419. The Kier molecular flexibility index (Phi) is 5.28. The van der Waals surface area contributed by atoms with Gasteiger partial charge in [0, 0.05) is 23.3 Å². The van der Waals surface area contributed by atoms with Gasteiger partial charge in [0.05, 0.1) is 17.4 Å². The molecule has 0 saturated heterocycles. The Balaban J connectivity index is 1.23. The summed E-state index contributed by atoms with van der Waals surface area (Å²) < 4.78 is 44.3. The molecule has 1 aliphatic carbocycles. The van der Waals surface area contributed by atoms with Gasteiger partial charge in [0.2, 0.25) is 0 Å². The Morgan fingerprint density at radius 3 is 2.55 bits per heavy atom. The smallest absolute Gasteiger partial charge is 0.416 e. The minimum Gasteiger partial charge on any atom is -0.490 e. The molecule has 5 rings (SSSR count). The van der Waals surface area contributed by atoms with Crippen molar-refractivity contribution in [2.75, 3.05) is 5.32 Å². The fraction of sp³-hybridized carbons (Fsp3) is 0.200. The molecular weight excluding hydrogens is 431 g/mol. The zero-order valence-corrected chi connectivity index (χ0v) is 17.4. The minimum atomic E-state index is -4.32. The number of hydrogen-bond donors (Lipinski definition) is 2. The Bertz CT molecular complexity index is 1280. The van der Waals surface area contributed by atoms with Crippen molar-refractivity contribution in [3.05, 3.63) is 89.9 Å². The van der Waals surface area contributed by atoms with Crippen LogP contribution in [0, 0.1) is 0 Å². The van der Waals surface area contributed by atoms with Crippen molar-refractivity contribution in [2.45, 2.75) is 31.0 Å². The fourth-order valence-electron chi connectivity index (χ4n) is 4.03. The van der Waals surface area contributed by atoms with Gasteiger partial charge in [-0.15, -0.1) is 0 Å². The van der Waals surface area contributed by atoms with E-state index in [1.807, 2.05) is 18.2 Å². The topological polar surface area (TPSA) is 67.0 Å². The summed E-state index contributed by atoms with van der Waals surface area (Å²) in [5.74, 6) is 0.550. The molecule has 5 nitrogen and oxygen atoms in total. The lowest BCUT2D eigenvalue weighted by Crippen LogP contribution is -2.32. The summed E-state index contributed by atoms with van der Waals surface area (Å²) in [5.41, 5.74) is 2.06. The van der Waals surface area contributed by atoms with Crippen LogP contribution in [0.2, 0.25) is 0 Å². The second kappa shape index (κ2) is 8.27. The maximum absolute atomic E-state index is 12.7. The van der Waals surface area contributed by atoms with Crippen LogP contribution in [0.1, 0.15) is 40.4 Å². The molecule has 1 fully saturated rings. The molecule has 168 valence electrons. The molecule has 0 aliphatic heterocycles. The molecule has 33 heavy (non-hydrogen) atoms. The molecule has 0 bridgehead atoms. The highest BCUT2D eigenvalue weighted by molar-refractivity contribution is 6.08. The normalized spacial score (nSPS) is 18.0. The number of aromatic amines is 1. The largest absolute Gasteiger partial charge is 0.490 e. The van der Waals surface area contributed by atoms with Gasteiger partial charge in [-0.3, -0.25) is 9.78 Å². The van der Waals surface area contributed by atoms with Crippen LogP contribution in [-0.4, -0.2) is 22.0 Å². The zero-order chi connectivity index (χ0) is 23.0. The first-order valence-corrected chi connectivity index (χ1v) is 10.5. The van der Waals surface area contributed by atoms with Crippen molar-refractivity contribution in [1.29, 1.82) is 0 Å². The predicted molar refractivity (Wildman–Crippen MR) is 118 cm³/mol. The average molecular weight is 451 g/mol. The zero-order valence-electron chi connectivity index (χ0n) is 17.4. The lowest BCUT2D eigenvalue weighted by atomic mass is 9.77. The molecule has 0 spiro atoms. The number of benzene rings is 2. The molecule has 8 heteroatoms. The number of nitrogens with one attached hydrogen (secondary N) is 2. The lowest BCUT2D eigenvalue weighted by Gasteiger charge is -2.35. The Hall–Kier alpha value is -3.81. The number of nitrogens with zero attached hydrogens (tertiary/aromatic N) is 1. The number of anilines is 1. The Labute approximate surface area is 187 Å². The standard InChI is InChI=1S/C25H20F3N3O2/c26-25(27,28)17-6-4-15(5-7-17)16-11-19(12-16)33-18-8-9-21-20(13-18)23(14-30-21)31-24(32)22-3-1-2-10-29-22/h1-10,13-14,16,19,30H,11-12H2,(H,31,32). The Morgan fingerprint density at radius 1 is 1.06 bits per heavy atom. The molecule has 1 amide bonds. The first kappa shape index (κ1) is 21.1. The number of ether oxygens (including phenoxy) is 1. The Morgan fingerprint density at radius 2 is 1.85 bits per heavy atom. The van der Waals surface area contributed by atoms with Gasteiger partial charge >= 0.3 is 6.18 Å². The third kappa shape index (κ3) is 4.41. The van der Waals surface area contributed by atoms with Crippen molar-refractivity contribution < 1.29 is 22.7 Å². The van der Waals surface area contributed by atoms with Crippen LogP contribution in [0.4, 0.5) is 18.9 Å². The maximum Gasteiger partial charge on any atom is 0.416 e. The van der Waals surface area contributed by atoms with Crippen LogP contribution in [-0.2, 0) is 6.18 Å². The van der Waals surface area contributed by atoms with E-state index in [1.165, 1.54) is 0 Å². The minimum absolute atomic E-state index is 0.0137.